The van der Waals surface area contributed by atoms with Gasteiger partial charge in [0.05, 0.1) is 30.3 Å². The number of thioether (sulfide) groups is 1. The second-order valence-corrected chi connectivity index (χ2v) is 11.0. The van der Waals surface area contributed by atoms with Crippen LogP contribution < -0.4 is 15.8 Å². The number of halogens is 2. The number of hydrogen-bond acceptors (Lipinski definition) is 8. The molecule has 5 rings (SSSR count). The summed E-state index contributed by atoms with van der Waals surface area (Å²) in [7, 11) is 0. The third kappa shape index (κ3) is 6.28. The van der Waals surface area contributed by atoms with Crippen molar-refractivity contribution >= 4 is 17.6 Å². The number of ether oxygens (including phenoxy) is 2. The standard InChI is InChI=1S/C27H34F2N6O2S/c1-18(22-2-3-23(26(29)25(22)28)37-13-10-34-8-11-36-12-9-34)38-24-14-19(15-32-27(24)30)20-16-33-35(17-20)21-4-6-31-7-5-21/h2-3,14-18,21,31H,4-13H2,1H3,(H2,30,32). The van der Waals surface area contributed by atoms with Gasteiger partial charge in [0.25, 0.3) is 0 Å². The first-order valence-corrected chi connectivity index (χ1v) is 14.0. The van der Waals surface area contributed by atoms with Gasteiger partial charge in [0.2, 0.25) is 5.82 Å². The fourth-order valence-corrected chi connectivity index (χ4v) is 5.86. The first-order chi connectivity index (χ1) is 18.5. The molecule has 0 spiro atoms. The van der Waals surface area contributed by atoms with Crippen LogP contribution in [0.1, 0.15) is 36.6 Å². The first kappa shape index (κ1) is 26.9. The van der Waals surface area contributed by atoms with Crippen molar-refractivity contribution in [1.29, 1.82) is 0 Å². The largest absolute Gasteiger partial charge is 0.489 e. The Labute approximate surface area is 225 Å². The average Bonchev–Trinajstić information content (AvgIpc) is 3.44. The van der Waals surface area contributed by atoms with E-state index in [1.807, 2.05) is 30.1 Å². The molecule has 8 nitrogen and oxygen atoms in total. The highest BCUT2D eigenvalue weighted by molar-refractivity contribution is 7.99. The second-order valence-electron chi connectivity index (χ2n) is 9.64. The molecule has 0 aliphatic carbocycles. The molecular weight excluding hydrogens is 510 g/mol. The molecule has 2 aromatic heterocycles. The molecule has 0 bridgehead atoms. The quantitative estimate of drug-likeness (QED) is 0.386. The number of piperidine rings is 1. The van der Waals surface area contributed by atoms with Gasteiger partial charge in [-0.2, -0.15) is 9.49 Å². The van der Waals surface area contributed by atoms with E-state index >= 15 is 4.39 Å². The molecule has 11 heteroatoms. The van der Waals surface area contributed by atoms with Gasteiger partial charge in [-0.25, -0.2) is 9.37 Å². The lowest BCUT2D eigenvalue weighted by Crippen LogP contribution is -2.38. The van der Waals surface area contributed by atoms with Crippen LogP contribution in [0.15, 0.2) is 41.7 Å². The normalized spacial score (nSPS) is 18.0. The predicted molar refractivity (Wildman–Crippen MR) is 144 cm³/mol. The molecule has 2 aliphatic rings. The Kier molecular flexibility index (Phi) is 8.78. The lowest BCUT2D eigenvalue weighted by molar-refractivity contribution is 0.0320. The summed E-state index contributed by atoms with van der Waals surface area (Å²) in [6.07, 6.45) is 7.67. The minimum atomic E-state index is -0.970. The maximum Gasteiger partial charge on any atom is 0.200 e. The number of nitrogen functional groups attached to an aromatic ring is 1. The molecule has 1 aromatic carbocycles. The van der Waals surface area contributed by atoms with Gasteiger partial charge < -0.3 is 20.5 Å². The SMILES string of the molecule is CC(Sc1cc(-c2cnn(C3CCNCC3)c2)cnc1N)c1ccc(OCCN2CCOCC2)c(F)c1F. The molecular formula is C27H34F2N6O2S. The summed E-state index contributed by atoms with van der Waals surface area (Å²) < 4.78 is 42.8. The maximum atomic E-state index is 15.1. The minimum absolute atomic E-state index is 0.0781. The van der Waals surface area contributed by atoms with Crippen molar-refractivity contribution in [3.63, 3.8) is 0 Å². The van der Waals surface area contributed by atoms with Crippen LogP contribution in [0.3, 0.4) is 0 Å². The summed E-state index contributed by atoms with van der Waals surface area (Å²) in [5.74, 6) is -1.60. The fraction of sp³-hybridized carbons (Fsp3) is 0.481. The van der Waals surface area contributed by atoms with Crippen LogP contribution in [0.5, 0.6) is 5.75 Å². The van der Waals surface area contributed by atoms with E-state index in [9.17, 15) is 4.39 Å². The summed E-state index contributed by atoms with van der Waals surface area (Å²) in [5, 5.41) is 7.54. The molecule has 2 saturated heterocycles. The van der Waals surface area contributed by atoms with E-state index in [-0.39, 0.29) is 17.9 Å². The molecule has 0 saturated carbocycles. The Balaban J connectivity index is 1.25. The van der Waals surface area contributed by atoms with Gasteiger partial charge in [-0.15, -0.1) is 11.8 Å². The van der Waals surface area contributed by atoms with Crippen molar-refractivity contribution in [2.24, 2.45) is 0 Å². The third-order valence-electron chi connectivity index (χ3n) is 7.09. The van der Waals surface area contributed by atoms with Crippen molar-refractivity contribution in [2.45, 2.75) is 36.0 Å². The molecule has 38 heavy (non-hydrogen) atoms. The molecule has 204 valence electrons. The van der Waals surface area contributed by atoms with Crippen molar-refractivity contribution in [3.8, 4) is 16.9 Å². The molecule has 3 N–H and O–H groups in total. The van der Waals surface area contributed by atoms with Gasteiger partial charge in [0.15, 0.2) is 11.6 Å². The van der Waals surface area contributed by atoms with Crippen molar-refractivity contribution in [1.82, 2.24) is 25.0 Å². The molecule has 2 aliphatic heterocycles. The zero-order valence-electron chi connectivity index (χ0n) is 21.5. The van der Waals surface area contributed by atoms with Gasteiger partial charge in [-0.05, 0) is 45.0 Å². The highest BCUT2D eigenvalue weighted by Crippen LogP contribution is 2.41. The van der Waals surface area contributed by atoms with E-state index in [1.54, 1.807) is 12.3 Å². The number of morpholine rings is 1. The Morgan fingerprint density at radius 3 is 2.74 bits per heavy atom. The van der Waals surface area contributed by atoms with Gasteiger partial charge in [-0.1, -0.05) is 6.07 Å². The Bertz CT molecular complexity index is 1230. The molecule has 2 fully saturated rings. The van der Waals surface area contributed by atoms with Gasteiger partial charge in [0, 0.05) is 54.0 Å². The van der Waals surface area contributed by atoms with Crippen LogP contribution in [-0.4, -0.2) is 72.2 Å². The van der Waals surface area contributed by atoms with E-state index < -0.39 is 16.9 Å². The van der Waals surface area contributed by atoms with E-state index in [1.165, 1.54) is 17.8 Å². The summed E-state index contributed by atoms with van der Waals surface area (Å²) >= 11 is 1.34. The number of hydrogen-bond donors (Lipinski definition) is 2. The third-order valence-corrected chi connectivity index (χ3v) is 8.28. The van der Waals surface area contributed by atoms with Gasteiger partial charge >= 0.3 is 0 Å². The number of pyridine rings is 1. The number of benzene rings is 1. The summed E-state index contributed by atoms with van der Waals surface area (Å²) in [6, 6.07) is 5.39. The van der Waals surface area contributed by atoms with E-state index in [4.69, 9.17) is 15.2 Å². The highest BCUT2D eigenvalue weighted by atomic mass is 32.2. The van der Waals surface area contributed by atoms with Crippen molar-refractivity contribution in [3.05, 3.63) is 54.0 Å². The van der Waals surface area contributed by atoms with Gasteiger partial charge in [0.1, 0.15) is 12.4 Å². The number of rotatable bonds is 9. The molecule has 3 aromatic rings. The van der Waals surface area contributed by atoms with Gasteiger partial charge in [-0.3, -0.25) is 9.58 Å². The highest BCUT2D eigenvalue weighted by Gasteiger charge is 2.22. The topological polar surface area (TPSA) is 90.5 Å². The monoisotopic (exact) mass is 544 g/mol. The van der Waals surface area contributed by atoms with Crippen LogP contribution in [0.4, 0.5) is 14.6 Å². The zero-order chi connectivity index (χ0) is 26.5. The maximum absolute atomic E-state index is 15.1. The van der Waals surface area contributed by atoms with Crippen LogP contribution >= 0.6 is 11.8 Å². The number of aromatic nitrogens is 3. The Morgan fingerprint density at radius 2 is 1.95 bits per heavy atom. The minimum Gasteiger partial charge on any atom is -0.489 e. The summed E-state index contributed by atoms with van der Waals surface area (Å²) in [6.45, 7) is 7.70. The molecule has 0 amide bonds. The van der Waals surface area contributed by atoms with Crippen LogP contribution in [0.2, 0.25) is 0 Å². The fourth-order valence-electron chi connectivity index (χ4n) is 4.80. The van der Waals surface area contributed by atoms with Crippen molar-refractivity contribution < 1.29 is 18.3 Å². The average molecular weight is 545 g/mol. The second kappa shape index (κ2) is 12.4. The Hall–Kier alpha value is -2.73. The number of nitrogens with two attached hydrogens (primary N) is 1. The number of nitrogens with zero attached hydrogens (tertiary/aromatic N) is 4. The molecule has 0 radical (unpaired) electrons. The molecule has 1 unspecified atom stereocenters. The Morgan fingerprint density at radius 1 is 1.16 bits per heavy atom. The predicted octanol–water partition coefficient (Wildman–Crippen LogP) is 4.29. The number of nitrogens with one attached hydrogen (secondary N) is 1. The number of anilines is 1. The van der Waals surface area contributed by atoms with E-state index in [2.05, 4.69) is 20.3 Å². The van der Waals surface area contributed by atoms with E-state index in [0.717, 1.165) is 50.1 Å². The van der Waals surface area contributed by atoms with Crippen LogP contribution in [0, 0.1) is 11.6 Å². The van der Waals surface area contributed by atoms with Crippen LogP contribution in [-0.2, 0) is 4.74 Å². The summed E-state index contributed by atoms with van der Waals surface area (Å²) in [5.41, 5.74) is 8.24. The van der Waals surface area contributed by atoms with E-state index in [0.29, 0.717) is 36.5 Å². The summed E-state index contributed by atoms with van der Waals surface area (Å²) in [4.78, 5) is 7.24. The smallest absolute Gasteiger partial charge is 0.200 e. The lowest BCUT2D eigenvalue weighted by atomic mass is 10.1. The zero-order valence-corrected chi connectivity index (χ0v) is 22.4. The lowest BCUT2D eigenvalue weighted by Gasteiger charge is -2.26. The molecule has 4 heterocycles. The van der Waals surface area contributed by atoms with Crippen LogP contribution in [0.25, 0.3) is 11.1 Å². The molecule has 1 atom stereocenters. The van der Waals surface area contributed by atoms with Crippen molar-refractivity contribution in [2.75, 3.05) is 58.3 Å². The first-order valence-electron chi connectivity index (χ1n) is 13.1.